The zero-order valence-corrected chi connectivity index (χ0v) is 10.9. The molecule has 0 saturated carbocycles. The van der Waals surface area contributed by atoms with E-state index in [1.807, 2.05) is 19.9 Å². The lowest BCUT2D eigenvalue weighted by molar-refractivity contribution is 0.375. The number of hydrogen-bond acceptors (Lipinski definition) is 3. The second kappa shape index (κ2) is 4.93. The van der Waals surface area contributed by atoms with Crippen molar-refractivity contribution in [1.82, 2.24) is 0 Å². The molecule has 0 saturated heterocycles. The molecule has 0 heterocycles. The van der Waals surface area contributed by atoms with Gasteiger partial charge in [0, 0.05) is 11.1 Å². The second-order valence-corrected chi connectivity index (χ2v) is 4.83. The first kappa shape index (κ1) is 13.1. The van der Waals surface area contributed by atoms with Gasteiger partial charge >= 0.3 is 0 Å². The van der Waals surface area contributed by atoms with E-state index < -0.39 is 0 Å². The standard InChI is InChI=1S/C12H18ClNO2/c1-12(2,14)7-8-10(15-3)6-5-9(13)11(8)16-4/h5-6H,7,14H2,1-4H3. The molecule has 1 aromatic carbocycles. The van der Waals surface area contributed by atoms with Crippen molar-refractivity contribution < 1.29 is 9.47 Å². The predicted octanol–water partition coefficient (Wildman–Crippen LogP) is 2.64. The zero-order chi connectivity index (χ0) is 12.3. The van der Waals surface area contributed by atoms with Gasteiger partial charge in [0.1, 0.15) is 11.5 Å². The fourth-order valence-electron chi connectivity index (χ4n) is 1.62. The first-order chi connectivity index (χ1) is 7.39. The number of hydrogen-bond donors (Lipinski definition) is 1. The maximum absolute atomic E-state index is 6.07. The van der Waals surface area contributed by atoms with E-state index in [-0.39, 0.29) is 5.54 Å². The molecule has 1 rings (SSSR count). The number of ether oxygens (including phenoxy) is 2. The summed E-state index contributed by atoms with van der Waals surface area (Å²) in [7, 11) is 3.21. The van der Waals surface area contributed by atoms with Crippen molar-refractivity contribution in [2.75, 3.05) is 14.2 Å². The topological polar surface area (TPSA) is 44.5 Å². The van der Waals surface area contributed by atoms with Crippen LogP contribution in [0.3, 0.4) is 0 Å². The van der Waals surface area contributed by atoms with Crippen molar-refractivity contribution in [3.05, 3.63) is 22.7 Å². The molecule has 4 heteroatoms. The smallest absolute Gasteiger partial charge is 0.144 e. The van der Waals surface area contributed by atoms with E-state index in [9.17, 15) is 0 Å². The maximum Gasteiger partial charge on any atom is 0.144 e. The van der Waals surface area contributed by atoms with E-state index in [0.717, 1.165) is 11.3 Å². The highest BCUT2D eigenvalue weighted by molar-refractivity contribution is 6.32. The largest absolute Gasteiger partial charge is 0.496 e. The lowest BCUT2D eigenvalue weighted by Gasteiger charge is -2.22. The quantitative estimate of drug-likeness (QED) is 0.884. The van der Waals surface area contributed by atoms with Crippen LogP contribution in [0.2, 0.25) is 5.02 Å². The Morgan fingerprint density at radius 1 is 1.25 bits per heavy atom. The lowest BCUT2D eigenvalue weighted by Crippen LogP contribution is -2.34. The third kappa shape index (κ3) is 3.03. The molecule has 0 bridgehead atoms. The fraction of sp³-hybridized carbons (Fsp3) is 0.500. The summed E-state index contributed by atoms with van der Waals surface area (Å²) >= 11 is 6.07. The summed E-state index contributed by atoms with van der Waals surface area (Å²) in [5, 5.41) is 0.572. The Kier molecular flexibility index (Phi) is 4.05. The Balaban J connectivity index is 3.25. The van der Waals surface area contributed by atoms with Gasteiger partial charge < -0.3 is 15.2 Å². The van der Waals surface area contributed by atoms with Gasteiger partial charge in [0.15, 0.2) is 0 Å². The molecule has 0 aliphatic rings. The van der Waals surface area contributed by atoms with Crippen LogP contribution in [0.4, 0.5) is 0 Å². The minimum absolute atomic E-state index is 0.342. The van der Waals surface area contributed by atoms with E-state index in [1.54, 1.807) is 20.3 Å². The number of halogens is 1. The van der Waals surface area contributed by atoms with Gasteiger partial charge in [-0.2, -0.15) is 0 Å². The molecule has 0 fully saturated rings. The van der Waals surface area contributed by atoms with Crippen LogP contribution in [-0.4, -0.2) is 19.8 Å². The van der Waals surface area contributed by atoms with Gasteiger partial charge in [0.05, 0.1) is 19.2 Å². The third-order valence-electron chi connectivity index (χ3n) is 2.23. The van der Waals surface area contributed by atoms with E-state index in [1.165, 1.54) is 0 Å². The maximum atomic E-state index is 6.07. The molecule has 0 spiro atoms. The van der Waals surface area contributed by atoms with Crippen LogP contribution < -0.4 is 15.2 Å². The second-order valence-electron chi connectivity index (χ2n) is 4.43. The molecular formula is C12H18ClNO2. The molecule has 1 aromatic rings. The van der Waals surface area contributed by atoms with E-state index >= 15 is 0 Å². The Bertz CT molecular complexity index is 372. The van der Waals surface area contributed by atoms with Crippen LogP contribution >= 0.6 is 11.6 Å². The molecular weight excluding hydrogens is 226 g/mol. The molecule has 16 heavy (non-hydrogen) atoms. The monoisotopic (exact) mass is 243 g/mol. The Morgan fingerprint density at radius 3 is 2.31 bits per heavy atom. The van der Waals surface area contributed by atoms with Gasteiger partial charge in [-0.1, -0.05) is 11.6 Å². The third-order valence-corrected chi connectivity index (χ3v) is 2.52. The van der Waals surface area contributed by atoms with Gasteiger partial charge in [-0.15, -0.1) is 0 Å². The first-order valence-electron chi connectivity index (χ1n) is 5.07. The highest BCUT2D eigenvalue weighted by Gasteiger charge is 2.20. The lowest BCUT2D eigenvalue weighted by atomic mass is 9.95. The highest BCUT2D eigenvalue weighted by atomic mass is 35.5. The van der Waals surface area contributed by atoms with Gasteiger partial charge in [0.25, 0.3) is 0 Å². The molecule has 0 radical (unpaired) electrons. The van der Waals surface area contributed by atoms with Crippen molar-refractivity contribution in [1.29, 1.82) is 0 Å². The average Bonchev–Trinajstić information content (AvgIpc) is 2.16. The van der Waals surface area contributed by atoms with Crippen molar-refractivity contribution in [3.8, 4) is 11.5 Å². The van der Waals surface area contributed by atoms with Crippen LogP contribution in [-0.2, 0) is 6.42 Å². The van der Waals surface area contributed by atoms with Crippen molar-refractivity contribution in [2.24, 2.45) is 5.73 Å². The summed E-state index contributed by atoms with van der Waals surface area (Å²) in [5.74, 6) is 1.39. The predicted molar refractivity (Wildman–Crippen MR) is 66.5 cm³/mol. The van der Waals surface area contributed by atoms with Crippen LogP contribution in [0.5, 0.6) is 11.5 Å². The van der Waals surface area contributed by atoms with Crippen LogP contribution in [0.25, 0.3) is 0 Å². The van der Waals surface area contributed by atoms with E-state index in [4.69, 9.17) is 26.8 Å². The molecule has 0 aliphatic carbocycles. The molecule has 0 aliphatic heterocycles. The number of benzene rings is 1. The van der Waals surface area contributed by atoms with Crippen molar-refractivity contribution >= 4 is 11.6 Å². The normalized spacial score (nSPS) is 11.4. The molecule has 0 atom stereocenters. The van der Waals surface area contributed by atoms with Gasteiger partial charge in [-0.25, -0.2) is 0 Å². The van der Waals surface area contributed by atoms with Crippen LogP contribution in [0, 0.1) is 0 Å². The SMILES string of the molecule is COc1ccc(Cl)c(OC)c1CC(C)(C)N. The van der Waals surface area contributed by atoms with Crippen LogP contribution in [0.1, 0.15) is 19.4 Å². The summed E-state index contributed by atoms with van der Waals surface area (Å²) in [6.45, 7) is 3.90. The number of methoxy groups -OCH3 is 2. The summed E-state index contributed by atoms with van der Waals surface area (Å²) in [4.78, 5) is 0. The number of nitrogens with two attached hydrogens (primary N) is 1. The van der Waals surface area contributed by atoms with Crippen molar-refractivity contribution in [2.45, 2.75) is 25.8 Å². The van der Waals surface area contributed by atoms with Gasteiger partial charge in [-0.05, 0) is 32.4 Å². The summed E-state index contributed by atoms with van der Waals surface area (Å²) < 4.78 is 10.6. The molecule has 0 amide bonds. The van der Waals surface area contributed by atoms with Gasteiger partial charge in [0.2, 0.25) is 0 Å². The highest BCUT2D eigenvalue weighted by Crippen LogP contribution is 2.37. The first-order valence-corrected chi connectivity index (χ1v) is 5.45. The van der Waals surface area contributed by atoms with E-state index in [2.05, 4.69) is 0 Å². The molecule has 0 aromatic heterocycles. The zero-order valence-electron chi connectivity index (χ0n) is 10.1. The average molecular weight is 244 g/mol. The fourth-order valence-corrected chi connectivity index (χ4v) is 1.87. The molecule has 3 nitrogen and oxygen atoms in total. The number of rotatable bonds is 4. The van der Waals surface area contributed by atoms with Crippen molar-refractivity contribution in [3.63, 3.8) is 0 Å². The molecule has 0 unspecified atom stereocenters. The van der Waals surface area contributed by atoms with Crippen LogP contribution in [0.15, 0.2) is 12.1 Å². The minimum Gasteiger partial charge on any atom is -0.496 e. The Hall–Kier alpha value is -0.930. The Morgan fingerprint density at radius 2 is 1.88 bits per heavy atom. The summed E-state index contributed by atoms with van der Waals surface area (Å²) in [6.07, 6.45) is 0.639. The minimum atomic E-state index is -0.342. The van der Waals surface area contributed by atoms with Gasteiger partial charge in [-0.3, -0.25) is 0 Å². The van der Waals surface area contributed by atoms with E-state index in [0.29, 0.717) is 17.2 Å². The summed E-state index contributed by atoms with van der Waals surface area (Å²) in [5.41, 5.74) is 6.58. The Labute approximate surface area is 101 Å². The molecule has 2 N–H and O–H groups in total. The summed E-state index contributed by atoms with van der Waals surface area (Å²) in [6, 6.07) is 3.58. The molecule has 90 valence electrons.